The number of benzene rings is 1. The maximum absolute atomic E-state index is 12.5. The molecule has 0 bridgehead atoms. The Balaban J connectivity index is 1.97. The Labute approximate surface area is 157 Å². The minimum atomic E-state index is -0.278. The van der Waals surface area contributed by atoms with Crippen LogP contribution in [-0.2, 0) is 0 Å². The van der Waals surface area contributed by atoms with Crippen LogP contribution in [0.25, 0.3) is 22.4 Å². The number of fused-ring (bicyclic) bond motifs is 1. The Morgan fingerprint density at radius 1 is 1.22 bits per heavy atom. The molecule has 0 aliphatic rings. The molecule has 2 heterocycles. The zero-order chi connectivity index (χ0) is 19.2. The average molecular weight is 368 g/mol. The molecule has 3 aromatic rings. The number of rotatable bonds is 8. The van der Waals surface area contributed by atoms with Gasteiger partial charge in [0.25, 0.3) is 5.56 Å². The fourth-order valence-electron chi connectivity index (χ4n) is 2.53. The number of nitrogens with one attached hydrogen (secondary N) is 2. The van der Waals surface area contributed by atoms with Crippen molar-refractivity contribution in [2.45, 2.75) is 13.3 Å². The number of aromatic amines is 1. The monoisotopic (exact) mass is 368 g/mol. The number of para-hydroxylation sites is 1. The molecule has 0 unspecified atom stereocenters. The summed E-state index contributed by atoms with van der Waals surface area (Å²) in [5.41, 5.74) is 0.798. The van der Waals surface area contributed by atoms with Crippen LogP contribution in [0, 0.1) is 0 Å². The van der Waals surface area contributed by atoms with Gasteiger partial charge < -0.3 is 19.9 Å². The van der Waals surface area contributed by atoms with Gasteiger partial charge in [0.15, 0.2) is 5.65 Å². The summed E-state index contributed by atoms with van der Waals surface area (Å²) < 4.78 is 5.78. The molecular formula is C19H24N6O2. The maximum atomic E-state index is 12.5. The molecule has 8 nitrogen and oxygen atoms in total. The Morgan fingerprint density at radius 2 is 2.04 bits per heavy atom. The molecule has 0 spiro atoms. The van der Waals surface area contributed by atoms with Crippen LogP contribution in [-0.4, -0.2) is 58.6 Å². The first-order valence-corrected chi connectivity index (χ1v) is 8.96. The lowest BCUT2D eigenvalue weighted by atomic mass is 10.2. The van der Waals surface area contributed by atoms with Crippen molar-refractivity contribution in [3.8, 4) is 17.1 Å². The fourth-order valence-corrected chi connectivity index (χ4v) is 2.53. The molecule has 0 amide bonds. The number of nitrogens with zero attached hydrogens (tertiary/aromatic N) is 4. The molecule has 0 saturated heterocycles. The molecule has 3 rings (SSSR count). The third-order valence-electron chi connectivity index (χ3n) is 3.91. The lowest BCUT2D eigenvalue weighted by Crippen LogP contribution is -2.21. The van der Waals surface area contributed by atoms with Crippen LogP contribution in [0.15, 0.2) is 35.3 Å². The molecule has 0 radical (unpaired) electrons. The molecule has 0 fully saturated rings. The van der Waals surface area contributed by atoms with Gasteiger partial charge in [-0.05, 0) is 32.6 Å². The van der Waals surface area contributed by atoms with E-state index in [4.69, 9.17) is 4.74 Å². The molecule has 1 aromatic carbocycles. The molecule has 27 heavy (non-hydrogen) atoms. The van der Waals surface area contributed by atoms with Gasteiger partial charge in [0.05, 0.1) is 12.2 Å². The van der Waals surface area contributed by atoms with Gasteiger partial charge in [-0.15, -0.1) is 0 Å². The highest BCUT2D eigenvalue weighted by Crippen LogP contribution is 2.27. The second kappa shape index (κ2) is 8.59. The predicted octanol–water partition coefficient (Wildman–Crippen LogP) is 2.14. The highest BCUT2D eigenvalue weighted by Gasteiger charge is 2.12. The van der Waals surface area contributed by atoms with E-state index in [1.165, 1.54) is 6.20 Å². The Bertz CT molecular complexity index is 970. The van der Waals surface area contributed by atoms with Crippen LogP contribution in [0.2, 0.25) is 0 Å². The van der Waals surface area contributed by atoms with Gasteiger partial charge in [0, 0.05) is 19.3 Å². The van der Waals surface area contributed by atoms with Gasteiger partial charge >= 0.3 is 0 Å². The molecule has 0 atom stereocenters. The van der Waals surface area contributed by atoms with Crippen LogP contribution in [0.4, 0.5) is 5.95 Å². The highest BCUT2D eigenvalue weighted by atomic mass is 16.5. The topological polar surface area (TPSA) is 96.0 Å². The van der Waals surface area contributed by atoms with E-state index in [9.17, 15) is 4.79 Å². The number of anilines is 1. The molecule has 0 saturated carbocycles. The summed E-state index contributed by atoms with van der Waals surface area (Å²) in [6, 6.07) is 7.51. The molecule has 142 valence electrons. The summed E-state index contributed by atoms with van der Waals surface area (Å²) in [4.78, 5) is 30.5. The van der Waals surface area contributed by atoms with Gasteiger partial charge in [-0.2, -0.15) is 4.98 Å². The number of hydrogen-bond donors (Lipinski definition) is 2. The second-order valence-electron chi connectivity index (χ2n) is 6.42. The first-order chi connectivity index (χ1) is 13.1. The summed E-state index contributed by atoms with van der Waals surface area (Å²) >= 11 is 0. The van der Waals surface area contributed by atoms with Gasteiger partial charge in [0.1, 0.15) is 17.0 Å². The Kier molecular flexibility index (Phi) is 5.97. The molecule has 2 N–H and O–H groups in total. The van der Waals surface area contributed by atoms with E-state index in [-0.39, 0.29) is 5.56 Å². The standard InChI is InChI=1S/C19H24N6O2/c1-4-11-27-15-8-6-5-7-13(15)16-22-17-14(18(26)23-16)12-21-19(24-17)20-9-10-25(2)3/h5-8,12H,4,9-11H2,1-3H3,(H2,20,21,22,23,24,26). The highest BCUT2D eigenvalue weighted by molar-refractivity contribution is 5.77. The molecule has 0 aliphatic heterocycles. The van der Waals surface area contributed by atoms with Crippen molar-refractivity contribution in [1.82, 2.24) is 24.8 Å². The van der Waals surface area contributed by atoms with Crippen LogP contribution in [0.1, 0.15) is 13.3 Å². The SMILES string of the molecule is CCCOc1ccccc1-c1nc2nc(NCCN(C)C)ncc2c(=O)[nH]1. The molecule has 0 aliphatic carbocycles. The van der Waals surface area contributed by atoms with Gasteiger partial charge in [0.2, 0.25) is 5.95 Å². The smallest absolute Gasteiger partial charge is 0.262 e. The van der Waals surface area contributed by atoms with Crippen LogP contribution in [0.3, 0.4) is 0 Å². The summed E-state index contributed by atoms with van der Waals surface area (Å²) in [5, 5.41) is 3.50. The second-order valence-corrected chi connectivity index (χ2v) is 6.42. The summed E-state index contributed by atoms with van der Waals surface area (Å²) in [7, 11) is 3.99. The Hall–Kier alpha value is -3.00. The van der Waals surface area contributed by atoms with Gasteiger partial charge in [-0.25, -0.2) is 9.97 Å². The summed E-state index contributed by atoms with van der Waals surface area (Å²) in [6.45, 7) is 4.18. The van der Waals surface area contributed by atoms with E-state index >= 15 is 0 Å². The van der Waals surface area contributed by atoms with Crippen LogP contribution >= 0.6 is 0 Å². The number of H-pyrrole nitrogens is 1. The van der Waals surface area contributed by atoms with Gasteiger partial charge in [-0.3, -0.25) is 4.79 Å². The largest absolute Gasteiger partial charge is 0.493 e. The number of aromatic nitrogens is 4. The maximum Gasteiger partial charge on any atom is 0.262 e. The van der Waals surface area contributed by atoms with E-state index in [2.05, 4.69) is 30.2 Å². The first-order valence-electron chi connectivity index (χ1n) is 8.96. The van der Waals surface area contributed by atoms with E-state index in [1.54, 1.807) is 0 Å². The summed E-state index contributed by atoms with van der Waals surface area (Å²) in [5.74, 6) is 1.56. The van der Waals surface area contributed by atoms with E-state index in [0.29, 0.717) is 41.7 Å². The van der Waals surface area contributed by atoms with E-state index in [0.717, 1.165) is 18.5 Å². The zero-order valence-electron chi connectivity index (χ0n) is 15.8. The molecule has 8 heteroatoms. The number of likely N-dealkylation sites (N-methyl/N-ethyl adjacent to an activating group) is 1. The normalized spacial score (nSPS) is 11.1. The van der Waals surface area contributed by atoms with Crippen LogP contribution < -0.4 is 15.6 Å². The number of hydrogen-bond acceptors (Lipinski definition) is 7. The van der Waals surface area contributed by atoms with Crippen molar-refractivity contribution in [2.24, 2.45) is 0 Å². The minimum absolute atomic E-state index is 0.278. The van der Waals surface area contributed by atoms with Crippen molar-refractivity contribution >= 4 is 17.0 Å². The summed E-state index contributed by atoms with van der Waals surface area (Å²) in [6.07, 6.45) is 2.39. The lowest BCUT2D eigenvalue weighted by Gasteiger charge is -2.11. The van der Waals surface area contributed by atoms with Crippen molar-refractivity contribution < 1.29 is 4.74 Å². The third kappa shape index (κ3) is 4.59. The fraction of sp³-hybridized carbons (Fsp3) is 0.368. The Morgan fingerprint density at radius 3 is 2.81 bits per heavy atom. The third-order valence-corrected chi connectivity index (χ3v) is 3.91. The van der Waals surface area contributed by atoms with Crippen molar-refractivity contribution in [2.75, 3.05) is 39.1 Å². The van der Waals surface area contributed by atoms with Crippen molar-refractivity contribution in [1.29, 1.82) is 0 Å². The quantitative estimate of drug-likeness (QED) is 0.629. The molecular weight excluding hydrogens is 344 g/mol. The van der Waals surface area contributed by atoms with E-state index in [1.807, 2.05) is 45.3 Å². The lowest BCUT2D eigenvalue weighted by molar-refractivity contribution is 0.318. The molecule has 2 aromatic heterocycles. The van der Waals surface area contributed by atoms with Gasteiger partial charge in [-0.1, -0.05) is 19.1 Å². The average Bonchev–Trinajstić information content (AvgIpc) is 2.66. The predicted molar refractivity (Wildman–Crippen MR) is 106 cm³/mol. The van der Waals surface area contributed by atoms with Crippen molar-refractivity contribution in [3.63, 3.8) is 0 Å². The van der Waals surface area contributed by atoms with E-state index < -0.39 is 0 Å². The van der Waals surface area contributed by atoms with Crippen molar-refractivity contribution in [3.05, 3.63) is 40.8 Å². The first kappa shape index (κ1) is 18.8. The van der Waals surface area contributed by atoms with Crippen LogP contribution in [0.5, 0.6) is 5.75 Å². The number of ether oxygens (including phenoxy) is 1. The minimum Gasteiger partial charge on any atom is -0.493 e. The zero-order valence-corrected chi connectivity index (χ0v) is 15.8.